The molecule has 0 radical (unpaired) electrons. The van der Waals surface area contributed by atoms with Gasteiger partial charge in [0, 0.05) is 31.7 Å². The average molecular weight is 426 g/mol. The van der Waals surface area contributed by atoms with Gasteiger partial charge in [-0.15, -0.1) is 0 Å². The number of benzene rings is 2. The summed E-state index contributed by atoms with van der Waals surface area (Å²) in [5, 5.41) is 10.0. The zero-order chi connectivity index (χ0) is 21.1. The molecule has 156 valence electrons. The molecule has 0 spiro atoms. The van der Waals surface area contributed by atoms with Gasteiger partial charge in [0.2, 0.25) is 0 Å². The summed E-state index contributed by atoms with van der Waals surface area (Å²) in [7, 11) is -3.59. The summed E-state index contributed by atoms with van der Waals surface area (Å²) in [5.41, 5.74) is 1.09. The van der Waals surface area contributed by atoms with Crippen LogP contribution in [0.1, 0.15) is 16.1 Å². The van der Waals surface area contributed by atoms with E-state index in [0.29, 0.717) is 31.7 Å². The molecule has 7 nitrogen and oxygen atoms in total. The quantitative estimate of drug-likeness (QED) is 0.675. The second-order valence-corrected chi connectivity index (χ2v) is 9.10. The van der Waals surface area contributed by atoms with E-state index in [-0.39, 0.29) is 28.1 Å². The predicted octanol–water partition coefficient (Wildman–Crippen LogP) is 2.92. The third kappa shape index (κ3) is 4.04. The van der Waals surface area contributed by atoms with Crippen LogP contribution in [0.5, 0.6) is 5.75 Å². The molecule has 1 N–H and O–H groups in total. The zero-order valence-electron chi connectivity index (χ0n) is 16.3. The van der Waals surface area contributed by atoms with Gasteiger partial charge >= 0.3 is 0 Å². The molecule has 1 aliphatic heterocycles. The largest absolute Gasteiger partial charge is 0.506 e. The summed E-state index contributed by atoms with van der Waals surface area (Å²) in [6.07, 6.45) is 1.35. The number of carbonyl (C=O) groups is 1. The Hall–Kier alpha value is -3.26. The van der Waals surface area contributed by atoms with Crippen LogP contribution in [-0.4, -0.2) is 50.5 Å². The average Bonchev–Trinajstić information content (AvgIpc) is 3.22. The van der Waals surface area contributed by atoms with Crippen molar-refractivity contribution < 1.29 is 22.7 Å². The van der Waals surface area contributed by atoms with E-state index in [1.807, 2.05) is 17.0 Å². The number of carbonyl (C=O) groups excluding carboxylic acids is 1. The number of amides is 1. The topological polar surface area (TPSA) is 91.1 Å². The Kier molecular flexibility index (Phi) is 5.50. The van der Waals surface area contributed by atoms with E-state index < -0.39 is 9.84 Å². The standard InChI is InChI=1S/C22H22N2O5S/c25-20-9-5-4-8-19(20)23-11-13-24(14-12-23)22(26)21-17(10-15-29-21)16-30(27,28)18-6-2-1-3-7-18/h1-10,15,25H,11-14,16H2. The lowest BCUT2D eigenvalue weighted by atomic mass is 10.2. The van der Waals surface area contributed by atoms with Crippen molar-refractivity contribution in [2.75, 3.05) is 31.1 Å². The Morgan fingerprint density at radius 1 is 0.933 bits per heavy atom. The summed E-state index contributed by atoms with van der Waals surface area (Å²) in [6, 6.07) is 16.8. The van der Waals surface area contributed by atoms with Crippen LogP contribution in [0, 0.1) is 0 Å². The molecular weight excluding hydrogens is 404 g/mol. The van der Waals surface area contributed by atoms with Crippen molar-refractivity contribution in [2.45, 2.75) is 10.6 Å². The van der Waals surface area contributed by atoms with Gasteiger partial charge in [0.1, 0.15) is 5.75 Å². The fourth-order valence-corrected chi connectivity index (χ4v) is 4.95. The lowest BCUT2D eigenvalue weighted by Crippen LogP contribution is -2.48. The highest BCUT2D eigenvalue weighted by molar-refractivity contribution is 7.90. The SMILES string of the molecule is O=C(c1occc1CS(=O)(=O)c1ccccc1)N1CCN(c2ccccc2O)CC1. The summed E-state index contributed by atoms with van der Waals surface area (Å²) in [4.78, 5) is 16.9. The molecule has 1 fully saturated rings. The van der Waals surface area contributed by atoms with E-state index in [1.165, 1.54) is 24.5 Å². The molecule has 2 heterocycles. The minimum absolute atomic E-state index is 0.0607. The third-order valence-electron chi connectivity index (χ3n) is 5.18. The maximum atomic E-state index is 13.0. The number of phenolic OH excluding ortho intramolecular Hbond substituents is 1. The van der Waals surface area contributed by atoms with Gasteiger partial charge in [-0.25, -0.2) is 8.42 Å². The van der Waals surface area contributed by atoms with Gasteiger partial charge in [-0.05, 0) is 30.3 Å². The molecule has 0 bridgehead atoms. The van der Waals surface area contributed by atoms with E-state index >= 15 is 0 Å². The number of sulfone groups is 1. The van der Waals surface area contributed by atoms with Crippen molar-refractivity contribution >= 4 is 21.4 Å². The number of phenols is 1. The lowest BCUT2D eigenvalue weighted by Gasteiger charge is -2.36. The van der Waals surface area contributed by atoms with Crippen molar-refractivity contribution in [2.24, 2.45) is 0 Å². The number of aromatic hydroxyl groups is 1. The van der Waals surface area contributed by atoms with Crippen LogP contribution in [0.15, 0.2) is 76.2 Å². The molecule has 0 atom stereocenters. The van der Waals surface area contributed by atoms with Crippen molar-refractivity contribution in [1.29, 1.82) is 0 Å². The third-order valence-corrected chi connectivity index (χ3v) is 6.86. The molecule has 1 amide bonds. The van der Waals surface area contributed by atoms with Crippen LogP contribution in [0.3, 0.4) is 0 Å². The normalized spacial score (nSPS) is 14.7. The Morgan fingerprint density at radius 3 is 2.30 bits per heavy atom. The molecule has 0 aliphatic carbocycles. The number of hydrogen-bond donors (Lipinski definition) is 1. The molecule has 1 saturated heterocycles. The van der Waals surface area contributed by atoms with Gasteiger partial charge in [-0.3, -0.25) is 4.79 Å². The smallest absolute Gasteiger partial charge is 0.289 e. The van der Waals surface area contributed by atoms with Crippen molar-refractivity contribution in [3.8, 4) is 5.75 Å². The predicted molar refractivity (Wildman–Crippen MR) is 112 cm³/mol. The molecule has 3 aromatic rings. The second kappa shape index (κ2) is 8.23. The highest BCUT2D eigenvalue weighted by atomic mass is 32.2. The zero-order valence-corrected chi connectivity index (χ0v) is 17.1. The minimum atomic E-state index is -3.59. The molecule has 0 saturated carbocycles. The van der Waals surface area contributed by atoms with Crippen LogP contribution < -0.4 is 4.90 Å². The van der Waals surface area contributed by atoms with Gasteiger partial charge in [0.05, 0.1) is 22.6 Å². The number of hydrogen-bond acceptors (Lipinski definition) is 6. The lowest BCUT2D eigenvalue weighted by molar-refractivity contribution is 0.0713. The fraction of sp³-hybridized carbons (Fsp3) is 0.227. The van der Waals surface area contributed by atoms with Gasteiger partial charge in [0.25, 0.3) is 5.91 Å². The van der Waals surface area contributed by atoms with E-state index in [2.05, 4.69) is 0 Å². The van der Waals surface area contributed by atoms with E-state index in [9.17, 15) is 18.3 Å². The molecular formula is C22H22N2O5S. The molecule has 4 rings (SSSR count). The minimum Gasteiger partial charge on any atom is -0.506 e. The number of anilines is 1. The van der Waals surface area contributed by atoms with Crippen LogP contribution in [0.4, 0.5) is 5.69 Å². The van der Waals surface area contributed by atoms with Crippen molar-refractivity contribution in [1.82, 2.24) is 4.90 Å². The van der Waals surface area contributed by atoms with E-state index in [4.69, 9.17) is 4.42 Å². The number of piperazine rings is 1. The number of nitrogens with zero attached hydrogens (tertiary/aromatic N) is 2. The first kappa shape index (κ1) is 20.0. The molecule has 1 aromatic heterocycles. The van der Waals surface area contributed by atoms with Gasteiger partial charge in [-0.2, -0.15) is 0 Å². The summed E-state index contributed by atoms with van der Waals surface area (Å²) < 4.78 is 30.8. The van der Waals surface area contributed by atoms with Gasteiger partial charge < -0.3 is 19.3 Å². The summed E-state index contributed by atoms with van der Waals surface area (Å²) >= 11 is 0. The highest BCUT2D eigenvalue weighted by Gasteiger charge is 2.28. The summed E-state index contributed by atoms with van der Waals surface area (Å²) in [5.74, 6) is -0.357. The number of rotatable bonds is 5. The first-order valence-corrected chi connectivity index (χ1v) is 11.3. The first-order chi connectivity index (χ1) is 14.5. The maximum absolute atomic E-state index is 13.0. The van der Waals surface area contributed by atoms with E-state index in [0.717, 1.165) is 5.69 Å². The molecule has 1 aliphatic rings. The second-order valence-electron chi connectivity index (χ2n) is 7.12. The van der Waals surface area contributed by atoms with Crippen molar-refractivity contribution in [3.05, 3.63) is 78.3 Å². The number of para-hydroxylation sites is 2. The van der Waals surface area contributed by atoms with Crippen LogP contribution in [0.25, 0.3) is 0 Å². The van der Waals surface area contributed by atoms with Crippen LogP contribution >= 0.6 is 0 Å². The monoisotopic (exact) mass is 426 g/mol. The number of furan rings is 1. The van der Waals surface area contributed by atoms with Gasteiger partial charge in [-0.1, -0.05) is 30.3 Å². The maximum Gasteiger partial charge on any atom is 0.289 e. The molecule has 2 aromatic carbocycles. The van der Waals surface area contributed by atoms with Crippen LogP contribution in [-0.2, 0) is 15.6 Å². The van der Waals surface area contributed by atoms with Crippen LogP contribution in [0.2, 0.25) is 0 Å². The first-order valence-electron chi connectivity index (χ1n) is 9.62. The van der Waals surface area contributed by atoms with Crippen molar-refractivity contribution in [3.63, 3.8) is 0 Å². The molecule has 8 heteroatoms. The fourth-order valence-electron chi connectivity index (χ4n) is 3.58. The Bertz CT molecular complexity index is 1130. The summed E-state index contributed by atoms with van der Waals surface area (Å²) in [6.45, 7) is 2.00. The van der Waals surface area contributed by atoms with E-state index in [1.54, 1.807) is 35.2 Å². The van der Waals surface area contributed by atoms with Gasteiger partial charge in [0.15, 0.2) is 15.6 Å². The Morgan fingerprint density at radius 2 is 1.60 bits per heavy atom. The molecule has 30 heavy (non-hydrogen) atoms. The highest BCUT2D eigenvalue weighted by Crippen LogP contribution is 2.28. The molecule has 0 unspecified atom stereocenters. The Balaban J connectivity index is 1.46. The Labute approximate surface area is 175 Å².